The van der Waals surface area contributed by atoms with Gasteiger partial charge >= 0.3 is 0 Å². The zero-order chi connectivity index (χ0) is 19.1. The summed E-state index contributed by atoms with van der Waals surface area (Å²) in [6.45, 7) is 2.20. The van der Waals surface area contributed by atoms with Gasteiger partial charge < -0.3 is 0 Å². The Hall–Kier alpha value is -2.47. The first-order valence-corrected chi connectivity index (χ1v) is 9.75. The van der Waals surface area contributed by atoms with Crippen molar-refractivity contribution < 1.29 is 8.78 Å². The van der Waals surface area contributed by atoms with Crippen molar-refractivity contribution in [3.63, 3.8) is 0 Å². The molecule has 1 aliphatic carbocycles. The molecule has 140 valence electrons. The second kappa shape index (κ2) is 9.46. The van der Waals surface area contributed by atoms with E-state index in [4.69, 9.17) is 0 Å². The maximum absolute atomic E-state index is 13.4. The molecule has 1 aromatic heterocycles. The van der Waals surface area contributed by atoms with Gasteiger partial charge in [-0.25, -0.2) is 8.78 Å². The molecule has 1 heterocycles. The van der Waals surface area contributed by atoms with Gasteiger partial charge in [0.1, 0.15) is 0 Å². The van der Waals surface area contributed by atoms with Gasteiger partial charge in [0.15, 0.2) is 11.6 Å². The van der Waals surface area contributed by atoms with Gasteiger partial charge in [-0.1, -0.05) is 37.3 Å². The predicted molar refractivity (Wildman–Crippen MR) is 106 cm³/mol. The normalized spacial score (nSPS) is 19.7. The molecule has 0 saturated heterocycles. The van der Waals surface area contributed by atoms with Crippen molar-refractivity contribution in [1.82, 2.24) is 4.98 Å². The summed E-state index contributed by atoms with van der Waals surface area (Å²) in [5.41, 5.74) is 2.02. The lowest BCUT2D eigenvalue weighted by molar-refractivity contribution is 0.364. The zero-order valence-corrected chi connectivity index (χ0v) is 15.7. The lowest BCUT2D eigenvalue weighted by atomic mass is 9.82. The van der Waals surface area contributed by atoms with E-state index < -0.39 is 11.6 Å². The fourth-order valence-electron chi connectivity index (χ4n) is 3.39. The van der Waals surface area contributed by atoms with Crippen LogP contribution in [0, 0.1) is 35.3 Å². The second-order valence-corrected chi connectivity index (χ2v) is 7.16. The number of hydrogen-bond acceptors (Lipinski definition) is 1. The van der Waals surface area contributed by atoms with Crippen LogP contribution in [0.2, 0.25) is 0 Å². The van der Waals surface area contributed by atoms with Gasteiger partial charge in [0.25, 0.3) is 0 Å². The van der Waals surface area contributed by atoms with E-state index in [0.717, 1.165) is 30.5 Å². The van der Waals surface area contributed by atoms with Crippen molar-refractivity contribution >= 4 is 0 Å². The molecule has 1 aromatic carbocycles. The molecule has 0 N–H and O–H groups in total. The lowest BCUT2D eigenvalue weighted by Crippen LogP contribution is -2.11. The molecule has 2 aromatic rings. The average molecular weight is 365 g/mol. The Morgan fingerprint density at radius 1 is 1.07 bits per heavy atom. The molecule has 1 fully saturated rings. The molecule has 0 aliphatic heterocycles. The van der Waals surface area contributed by atoms with Crippen LogP contribution in [0.5, 0.6) is 0 Å². The van der Waals surface area contributed by atoms with Crippen LogP contribution in [0.4, 0.5) is 8.78 Å². The predicted octanol–water partition coefficient (Wildman–Crippen LogP) is 6.54. The summed E-state index contributed by atoms with van der Waals surface area (Å²) in [5.74, 6) is 6.05. The van der Waals surface area contributed by atoms with Crippen LogP contribution < -0.4 is 0 Å². The molecule has 0 atom stereocenters. The molecule has 0 spiro atoms. The van der Waals surface area contributed by atoms with Gasteiger partial charge in [0.2, 0.25) is 0 Å². The number of pyridine rings is 1. The quantitative estimate of drug-likeness (QED) is 0.443. The molecule has 3 heteroatoms. The van der Waals surface area contributed by atoms with Gasteiger partial charge in [0.05, 0.1) is 5.69 Å². The Morgan fingerprint density at radius 2 is 1.89 bits per heavy atom. The van der Waals surface area contributed by atoms with Crippen LogP contribution in [0.3, 0.4) is 0 Å². The fraction of sp³-hybridized carbons (Fsp3) is 0.375. The number of nitrogens with zero attached hydrogens (tertiary/aromatic N) is 1. The Labute approximate surface area is 160 Å². The highest BCUT2D eigenvalue weighted by Crippen LogP contribution is 2.29. The molecular formula is C24H25F2N. The fourth-order valence-corrected chi connectivity index (χ4v) is 3.39. The van der Waals surface area contributed by atoms with Crippen LogP contribution in [-0.2, 0) is 0 Å². The molecule has 0 amide bonds. The number of allylic oxidation sites excluding steroid dienone is 2. The van der Waals surface area contributed by atoms with E-state index in [1.165, 1.54) is 31.7 Å². The number of halogens is 2. The summed E-state index contributed by atoms with van der Waals surface area (Å²) < 4.78 is 26.4. The minimum atomic E-state index is -0.863. The van der Waals surface area contributed by atoms with Crippen molar-refractivity contribution in [2.75, 3.05) is 0 Å². The highest BCUT2D eigenvalue weighted by Gasteiger charge is 2.17. The summed E-state index contributed by atoms with van der Waals surface area (Å²) >= 11 is 0. The van der Waals surface area contributed by atoms with E-state index in [-0.39, 0.29) is 0 Å². The average Bonchev–Trinajstić information content (AvgIpc) is 2.70. The van der Waals surface area contributed by atoms with Gasteiger partial charge in [0, 0.05) is 23.2 Å². The SMILES string of the molecule is CCCC=CC1CCC(C#Cc2ccc(-c3ccc(F)c(F)c3)nc2)CC1. The number of unbranched alkanes of at least 4 members (excludes halogenated alkanes) is 1. The van der Waals surface area contributed by atoms with Crippen molar-refractivity contribution in [3.05, 3.63) is 65.9 Å². The molecule has 1 aliphatic rings. The van der Waals surface area contributed by atoms with Crippen LogP contribution >= 0.6 is 0 Å². The highest BCUT2D eigenvalue weighted by atomic mass is 19.2. The van der Waals surface area contributed by atoms with Crippen LogP contribution in [0.1, 0.15) is 51.0 Å². The van der Waals surface area contributed by atoms with Crippen LogP contribution in [0.15, 0.2) is 48.7 Å². The van der Waals surface area contributed by atoms with Crippen molar-refractivity contribution in [1.29, 1.82) is 0 Å². The smallest absolute Gasteiger partial charge is 0.159 e. The van der Waals surface area contributed by atoms with Gasteiger partial charge in [-0.3, -0.25) is 4.98 Å². The van der Waals surface area contributed by atoms with Gasteiger partial charge in [-0.2, -0.15) is 0 Å². The molecule has 3 rings (SSSR count). The Bertz CT molecular complexity index is 835. The Balaban J connectivity index is 1.57. The molecule has 27 heavy (non-hydrogen) atoms. The topological polar surface area (TPSA) is 12.9 Å². The second-order valence-electron chi connectivity index (χ2n) is 7.16. The third-order valence-corrected chi connectivity index (χ3v) is 5.03. The summed E-state index contributed by atoms with van der Waals surface area (Å²) in [5, 5.41) is 0. The monoisotopic (exact) mass is 365 g/mol. The first-order valence-electron chi connectivity index (χ1n) is 9.75. The van der Waals surface area contributed by atoms with E-state index in [1.807, 2.05) is 6.07 Å². The van der Waals surface area contributed by atoms with Crippen LogP contribution in [-0.4, -0.2) is 4.98 Å². The minimum Gasteiger partial charge on any atom is -0.255 e. The first-order chi connectivity index (χ1) is 13.2. The maximum atomic E-state index is 13.4. The Kier molecular flexibility index (Phi) is 6.76. The molecular weight excluding hydrogens is 340 g/mol. The van der Waals surface area contributed by atoms with E-state index in [9.17, 15) is 8.78 Å². The van der Waals surface area contributed by atoms with Crippen molar-refractivity contribution in [2.45, 2.75) is 45.4 Å². The van der Waals surface area contributed by atoms with Crippen molar-refractivity contribution in [2.24, 2.45) is 11.8 Å². The van der Waals surface area contributed by atoms with Crippen molar-refractivity contribution in [3.8, 4) is 23.1 Å². The van der Waals surface area contributed by atoms with E-state index >= 15 is 0 Å². The number of hydrogen-bond donors (Lipinski definition) is 0. The summed E-state index contributed by atoms with van der Waals surface area (Å²) in [4.78, 5) is 4.34. The molecule has 1 saturated carbocycles. The number of benzene rings is 1. The minimum absolute atomic E-state index is 0.451. The third kappa shape index (κ3) is 5.50. The molecule has 0 radical (unpaired) electrons. The van der Waals surface area contributed by atoms with Crippen LogP contribution in [0.25, 0.3) is 11.3 Å². The largest absolute Gasteiger partial charge is 0.255 e. The summed E-state index contributed by atoms with van der Waals surface area (Å²) in [7, 11) is 0. The van der Waals surface area contributed by atoms with E-state index in [2.05, 4.69) is 35.9 Å². The number of aromatic nitrogens is 1. The molecule has 0 bridgehead atoms. The summed E-state index contributed by atoms with van der Waals surface area (Å²) in [6, 6.07) is 7.49. The zero-order valence-electron chi connectivity index (χ0n) is 15.7. The Morgan fingerprint density at radius 3 is 2.56 bits per heavy atom. The van der Waals surface area contributed by atoms with E-state index in [1.54, 1.807) is 12.3 Å². The highest BCUT2D eigenvalue weighted by molar-refractivity contribution is 5.59. The molecule has 0 unspecified atom stereocenters. The van der Waals surface area contributed by atoms with Gasteiger partial charge in [-0.05, 0) is 68.4 Å². The third-order valence-electron chi connectivity index (χ3n) is 5.03. The summed E-state index contributed by atoms with van der Waals surface area (Å²) in [6.07, 6.45) is 13.5. The first kappa shape index (κ1) is 19.3. The van der Waals surface area contributed by atoms with E-state index in [0.29, 0.717) is 23.1 Å². The standard InChI is InChI=1S/C24H25F2N/c1-2-3-4-5-18-6-8-19(9-7-18)10-11-20-12-15-24(27-17-20)21-13-14-22(25)23(26)16-21/h4-5,12-19H,2-3,6-9H2,1H3. The lowest BCUT2D eigenvalue weighted by Gasteiger charge is -2.23. The maximum Gasteiger partial charge on any atom is 0.159 e. The number of rotatable bonds is 4. The van der Waals surface area contributed by atoms with Gasteiger partial charge in [-0.15, -0.1) is 0 Å². The molecule has 1 nitrogen and oxygen atoms in total.